The lowest BCUT2D eigenvalue weighted by Crippen LogP contribution is -2.32. The molecule has 1 aromatic rings. The molecular weight excluding hydrogens is 262 g/mol. The standard InChI is InChI=1S/C13H17N3O2S/c1-8(2)12(18)15-10-4-6-11(7-5-10)16-13(19)14-9(3)17/h4-8H,1-3H3,(H,15,18)(H2,14,16,17,19). The van der Waals surface area contributed by atoms with Crippen LogP contribution in [0.3, 0.4) is 0 Å². The third-order valence-electron chi connectivity index (χ3n) is 2.22. The Balaban J connectivity index is 2.59. The number of nitrogens with one attached hydrogen (secondary N) is 3. The van der Waals surface area contributed by atoms with Gasteiger partial charge in [0.1, 0.15) is 0 Å². The molecule has 0 aliphatic heterocycles. The summed E-state index contributed by atoms with van der Waals surface area (Å²) in [5, 5.41) is 8.35. The second-order valence-corrected chi connectivity index (χ2v) is 4.76. The molecule has 6 heteroatoms. The van der Waals surface area contributed by atoms with Gasteiger partial charge in [-0.1, -0.05) is 13.8 Å². The van der Waals surface area contributed by atoms with Gasteiger partial charge >= 0.3 is 0 Å². The molecular formula is C13H17N3O2S. The maximum Gasteiger partial charge on any atom is 0.226 e. The van der Waals surface area contributed by atoms with Crippen LogP contribution in [0.15, 0.2) is 24.3 Å². The van der Waals surface area contributed by atoms with Gasteiger partial charge in [0, 0.05) is 24.2 Å². The Labute approximate surface area is 117 Å². The molecule has 0 aliphatic rings. The van der Waals surface area contributed by atoms with Crippen LogP contribution in [0, 0.1) is 5.92 Å². The van der Waals surface area contributed by atoms with Crippen molar-refractivity contribution in [3.63, 3.8) is 0 Å². The first-order chi connectivity index (χ1) is 8.88. The summed E-state index contributed by atoms with van der Waals surface area (Å²) in [6, 6.07) is 7.06. The number of carbonyl (C=O) groups excluding carboxylic acids is 2. The van der Waals surface area contributed by atoms with Gasteiger partial charge < -0.3 is 16.0 Å². The van der Waals surface area contributed by atoms with E-state index < -0.39 is 0 Å². The number of thiocarbonyl (C=S) groups is 1. The Hall–Kier alpha value is -1.95. The van der Waals surface area contributed by atoms with Crippen molar-refractivity contribution >= 4 is 40.5 Å². The molecule has 102 valence electrons. The first-order valence-corrected chi connectivity index (χ1v) is 6.29. The molecule has 0 aromatic heterocycles. The number of benzene rings is 1. The van der Waals surface area contributed by atoms with Gasteiger partial charge in [-0.05, 0) is 36.5 Å². The van der Waals surface area contributed by atoms with Crippen molar-refractivity contribution in [1.29, 1.82) is 0 Å². The molecule has 0 atom stereocenters. The van der Waals surface area contributed by atoms with Crippen molar-refractivity contribution < 1.29 is 9.59 Å². The third-order valence-corrected chi connectivity index (χ3v) is 2.43. The SMILES string of the molecule is CC(=O)NC(=S)Nc1ccc(NC(=O)C(C)C)cc1. The smallest absolute Gasteiger partial charge is 0.226 e. The van der Waals surface area contributed by atoms with Crippen LogP contribution in [0.4, 0.5) is 11.4 Å². The monoisotopic (exact) mass is 279 g/mol. The zero-order valence-corrected chi connectivity index (χ0v) is 11.9. The van der Waals surface area contributed by atoms with Gasteiger partial charge in [-0.25, -0.2) is 0 Å². The summed E-state index contributed by atoms with van der Waals surface area (Å²) >= 11 is 4.94. The van der Waals surface area contributed by atoms with Crippen molar-refractivity contribution in [2.45, 2.75) is 20.8 Å². The van der Waals surface area contributed by atoms with Crippen molar-refractivity contribution in [3.8, 4) is 0 Å². The van der Waals surface area contributed by atoms with Gasteiger partial charge in [0.25, 0.3) is 0 Å². The zero-order chi connectivity index (χ0) is 14.4. The van der Waals surface area contributed by atoms with E-state index in [1.807, 2.05) is 13.8 Å². The summed E-state index contributed by atoms with van der Waals surface area (Å²) in [4.78, 5) is 22.3. The summed E-state index contributed by atoms with van der Waals surface area (Å²) in [5.41, 5.74) is 1.45. The van der Waals surface area contributed by atoms with Crippen molar-refractivity contribution in [2.24, 2.45) is 5.92 Å². The van der Waals surface area contributed by atoms with Crippen LogP contribution < -0.4 is 16.0 Å². The first-order valence-electron chi connectivity index (χ1n) is 5.88. The molecule has 0 saturated carbocycles. The summed E-state index contributed by atoms with van der Waals surface area (Å²) in [7, 11) is 0. The predicted molar refractivity (Wildman–Crippen MR) is 79.9 cm³/mol. The van der Waals surface area contributed by atoms with E-state index in [-0.39, 0.29) is 22.8 Å². The van der Waals surface area contributed by atoms with E-state index in [1.54, 1.807) is 24.3 Å². The predicted octanol–water partition coefficient (Wildman–Crippen LogP) is 2.11. The fourth-order valence-corrected chi connectivity index (χ4v) is 1.51. The molecule has 1 rings (SSSR count). The van der Waals surface area contributed by atoms with Crippen LogP contribution in [0.1, 0.15) is 20.8 Å². The lowest BCUT2D eigenvalue weighted by atomic mass is 10.2. The molecule has 0 unspecified atom stereocenters. The molecule has 2 amide bonds. The molecule has 0 radical (unpaired) electrons. The van der Waals surface area contributed by atoms with E-state index in [0.717, 1.165) is 11.4 Å². The summed E-state index contributed by atoms with van der Waals surface area (Å²) in [6.07, 6.45) is 0. The second-order valence-electron chi connectivity index (χ2n) is 4.36. The van der Waals surface area contributed by atoms with E-state index in [0.29, 0.717) is 0 Å². The Bertz CT molecular complexity index is 483. The molecule has 0 saturated heterocycles. The largest absolute Gasteiger partial charge is 0.332 e. The Kier molecular flexibility index (Phi) is 5.44. The Morgan fingerprint density at radius 2 is 1.53 bits per heavy atom. The van der Waals surface area contributed by atoms with Gasteiger partial charge in [0.2, 0.25) is 11.8 Å². The van der Waals surface area contributed by atoms with E-state index in [9.17, 15) is 9.59 Å². The average Bonchev–Trinajstić information content (AvgIpc) is 2.30. The van der Waals surface area contributed by atoms with Crippen molar-refractivity contribution in [2.75, 3.05) is 10.6 Å². The molecule has 0 heterocycles. The molecule has 3 N–H and O–H groups in total. The second kappa shape index (κ2) is 6.84. The summed E-state index contributed by atoms with van der Waals surface area (Å²) in [6.45, 7) is 5.05. The fraction of sp³-hybridized carbons (Fsp3) is 0.308. The number of rotatable bonds is 3. The van der Waals surface area contributed by atoms with E-state index in [2.05, 4.69) is 16.0 Å². The lowest BCUT2D eigenvalue weighted by Gasteiger charge is -2.10. The quantitative estimate of drug-likeness (QED) is 0.741. The zero-order valence-electron chi connectivity index (χ0n) is 11.1. The minimum absolute atomic E-state index is 0.0329. The molecule has 5 nitrogen and oxygen atoms in total. The van der Waals surface area contributed by atoms with Crippen molar-refractivity contribution in [3.05, 3.63) is 24.3 Å². The van der Waals surface area contributed by atoms with Gasteiger partial charge in [0.05, 0.1) is 0 Å². The maximum atomic E-state index is 11.5. The minimum atomic E-state index is -0.224. The minimum Gasteiger partial charge on any atom is -0.332 e. The molecule has 1 aromatic carbocycles. The van der Waals surface area contributed by atoms with E-state index in [1.165, 1.54) is 6.92 Å². The molecule has 0 fully saturated rings. The first kappa shape index (κ1) is 15.1. The molecule has 0 spiro atoms. The highest BCUT2D eigenvalue weighted by Gasteiger charge is 2.06. The third kappa shape index (κ3) is 5.48. The maximum absolute atomic E-state index is 11.5. The van der Waals surface area contributed by atoms with Crippen molar-refractivity contribution in [1.82, 2.24) is 5.32 Å². The van der Waals surface area contributed by atoms with Crippen LogP contribution in [-0.2, 0) is 9.59 Å². The van der Waals surface area contributed by atoms with Crippen LogP contribution in [0.2, 0.25) is 0 Å². The van der Waals surface area contributed by atoms with E-state index in [4.69, 9.17) is 12.2 Å². The topological polar surface area (TPSA) is 70.2 Å². The van der Waals surface area contributed by atoms with Gasteiger partial charge in [0.15, 0.2) is 5.11 Å². The molecule has 0 bridgehead atoms. The van der Waals surface area contributed by atoms with Crippen LogP contribution in [-0.4, -0.2) is 16.9 Å². The Morgan fingerprint density at radius 1 is 1.05 bits per heavy atom. The van der Waals surface area contributed by atoms with E-state index >= 15 is 0 Å². The lowest BCUT2D eigenvalue weighted by molar-refractivity contribution is -0.119. The molecule has 0 aliphatic carbocycles. The fourth-order valence-electron chi connectivity index (χ4n) is 1.25. The number of hydrogen-bond donors (Lipinski definition) is 3. The highest BCUT2D eigenvalue weighted by Crippen LogP contribution is 2.14. The van der Waals surface area contributed by atoms with Crippen LogP contribution in [0.5, 0.6) is 0 Å². The molecule has 19 heavy (non-hydrogen) atoms. The van der Waals surface area contributed by atoms with Gasteiger partial charge in [-0.3, -0.25) is 9.59 Å². The summed E-state index contributed by atoms with van der Waals surface area (Å²) < 4.78 is 0. The number of anilines is 2. The van der Waals surface area contributed by atoms with Crippen LogP contribution in [0.25, 0.3) is 0 Å². The number of hydrogen-bond acceptors (Lipinski definition) is 3. The average molecular weight is 279 g/mol. The number of amides is 2. The highest BCUT2D eigenvalue weighted by molar-refractivity contribution is 7.80. The normalized spacial score (nSPS) is 9.89. The van der Waals surface area contributed by atoms with Crippen LogP contribution >= 0.6 is 12.2 Å². The highest BCUT2D eigenvalue weighted by atomic mass is 32.1. The van der Waals surface area contributed by atoms with Gasteiger partial charge in [-0.15, -0.1) is 0 Å². The van der Waals surface area contributed by atoms with Gasteiger partial charge in [-0.2, -0.15) is 0 Å². The Morgan fingerprint density at radius 3 is 1.95 bits per heavy atom. The number of carbonyl (C=O) groups is 2. The summed E-state index contributed by atoms with van der Waals surface area (Å²) in [5.74, 6) is -0.321.